The van der Waals surface area contributed by atoms with Crippen LogP contribution in [0.3, 0.4) is 0 Å². The molecule has 1 fully saturated rings. The van der Waals surface area contributed by atoms with E-state index in [0.717, 1.165) is 49.7 Å². The third kappa shape index (κ3) is 4.54. The molecule has 2 aromatic carbocycles. The summed E-state index contributed by atoms with van der Waals surface area (Å²) in [5.74, 6) is 0.250. The maximum atomic E-state index is 12.6. The lowest BCUT2D eigenvalue weighted by Gasteiger charge is -2.37. The predicted molar refractivity (Wildman–Crippen MR) is 118 cm³/mol. The van der Waals surface area contributed by atoms with Gasteiger partial charge in [0.1, 0.15) is 5.75 Å². The van der Waals surface area contributed by atoms with Crippen LogP contribution in [0.1, 0.15) is 74.6 Å². The first kappa shape index (κ1) is 23.1. The van der Waals surface area contributed by atoms with Gasteiger partial charge in [-0.2, -0.15) is 21.6 Å². The number of fused-ring (bicyclic) bond motifs is 1. The highest BCUT2D eigenvalue weighted by molar-refractivity contribution is 7.88. The molecule has 0 saturated heterocycles. The molecule has 0 amide bonds. The fraction of sp³-hybridized carbons (Fsp3) is 0.520. The first-order valence-electron chi connectivity index (χ1n) is 11.0. The van der Waals surface area contributed by atoms with E-state index in [2.05, 4.69) is 49.2 Å². The van der Waals surface area contributed by atoms with Crippen molar-refractivity contribution in [1.29, 1.82) is 0 Å². The van der Waals surface area contributed by atoms with Gasteiger partial charge >= 0.3 is 15.6 Å². The van der Waals surface area contributed by atoms with Crippen molar-refractivity contribution in [2.24, 2.45) is 5.41 Å². The summed E-state index contributed by atoms with van der Waals surface area (Å²) in [5.41, 5.74) is -0.529. The molecule has 0 unspecified atom stereocenters. The average molecular weight is 467 g/mol. The van der Waals surface area contributed by atoms with Crippen molar-refractivity contribution in [2.45, 2.75) is 76.1 Å². The zero-order valence-electron chi connectivity index (χ0n) is 18.6. The summed E-state index contributed by atoms with van der Waals surface area (Å²) in [4.78, 5) is 0. The Morgan fingerprint density at radius 3 is 2.06 bits per heavy atom. The molecule has 3 nitrogen and oxygen atoms in total. The summed E-state index contributed by atoms with van der Waals surface area (Å²) >= 11 is 0. The molecule has 174 valence electrons. The number of alkyl halides is 3. The van der Waals surface area contributed by atoms with Gasteiger partial charge in [0.05, 0.1) is 0 Å². The SMILES string of the molecule is CC(C)(C)c1ccc(C2CCC3(CC2)Cc2ccc(OS(=O)(=O)C(F)(F)F)cc2C3)cc1. The molecule has 0 atom stereocenters. The Hall–Kier alpha value is -2.02. The Kier molecular flexibility index (Phi) is 5.63. The molecule has 0 heterocycles. The third-order valence-corrected chi connectivity index (χ3v) is 8.07. The van der Waals surface area contributed by atoms with Gasteiger partial charge < -0.3 is 4.18 Å². The monoisotopic (exact) mass is 466 g/mol. The molecule has 7 heteroatoms. The van der Waals surface area contributed by atoms with Gasteiger partial charge in [-0.1, -0.05) is 51.1 Å². The summed E-state index contributed by atoms with van der Waals surface area (Å²) < 4.78 is 64.8. The number of benzene rings is 2. The Balaban J connectivity index is 1.42. The summed E-state index contributed by atoms with van der Waals surface area (Å²) in [6.45, 7) is 6.62. The van der Waals surface area contributed by atoms with Crippen molar-refractivity contribution < 1.29 is 25.8 Å². The van der Waals surface area contributed by atoms with Crippen LogP contribution in [-0.4, -0.2) is 13.9 Å². The second kappa shape index (κ2) is 7.79. The minimum Gasteiger partial charge on any atom is -0.376 e. The molecule has 32 heavy (non-hydrogen) atoms. The molecular formula is C25H29F3O3S. The molecule has 4 rings (SSSR count). The van der Waals surface area contributed by atoms with E-state index in [0.29, 0.717) is 5.92 Å². The average Bonchev–Trinajstić information content (AvgIpc) is 3.04. The van der Waals surface area contributed by atoms with Crippen LogP contribution in [0.5, 0.6) is 5.75 Å². The third-order valence-electron chi connectivity index (χ3n) is 7.09. The van der Waals surface area contributed by atoms with E-state index in [4.69, 9.17) is 0 Å². The van der Waals surface area contributed by atoms with Crippen molar-refractivity contribution in [3.05, 3.63) is 64.7 Å². The highest BCUT2D eigenvalue weighted by Gasteiger charge is 2.49. The minimum atomic E-state index is -5.65. The van der Waals surface area contributed by atoms with Crippen LogP contribution in [0, 0.1) is 5.41 Å². The number of halogens is 3. The van der Waals surface area contributed by atoms with Gasteiger partial charge in [0.15, 0.2) is 0 Å². The van der Waals surface area contributed by atoms with E-state index in [1.807, 2.05) is 0 Å². The van der Waals surface area contributed by atoms with E-state index in [1.165, 1.54) is 23.3 Å². The second-order valence-corrected chi connectivity index (χ2v) is 12.0. The predicted octanol–water partition coefficient (Wildman–Crippen LogP) is 6.66. The van der Waals surface area contributed by atoms with Gasteiger partial charge in [-0.25, -0.2) is 0 Å². The smallest absolute Gasteiger partial charge is 0.376 e. The van der Waals surface area contributed by atoms with Crippen LogP contribution in [0.4, 0.5) is 13.2 Å². The molecule has 0 radical (unpaired) electrons. The first-order chi connectivity index (χ1) is 14.8. The summed E-state index contributed by atoms with van der Waals surface area (Å²) in [6, 6.07) is 13.4. The Labute approximate surface area is 188 Å². The minimum absolute atomic E-state index is 0.103. The topological polar surface area (TPSA) is 43.4 Å². The number of rotatable bonds is 3. The van der Waals surface area contributed by atoms with E-state index < -0.39 is 15.6 Å². The second-order valence-electron chi connectivity index (χ2n) is 10.4. The lowest BCUT2D eigenvalue weighted by Crippen LogP contribution is -2.28. The Morgan fingerprint density at radius 1 is 0.906 bits per heavy atom. The first-order valence-corrected chi connectivity index (χ1v) is 12.4. The summed E-state index contributed by atoms with van der Waals surface area (Å²) in [6.07, 6.45) is 5.88. The Morgan fingerprint density at radius 2 is 1.50 bits per heavy atom. The van der Waals surface area contributed by atoms with E-state index in [-0.39, 0.29) is 16.6 Å². The molecule has 2 aliphatic rings. The van der Waals surface area contributed by atoms with Gasteiger partial charge in [0, 0.05) is 0 Å². The van der Waals surface area contributed by atoms with Crippen LogP contribution in [-0.2, 0) is 28.4 Å². The maximum Gasteiger partial charge on any atom is 0.534 e. The van der Waals surface area contributed by atoms with E-state index in [9.17, 15) is 21.6 Å². The van der Waals surface area contributed by atoms with E-state index >= 15 is 0 Å². The largest absolute Gasteiger partial charge is 0.534 e. The van der Waals surface area contributed by atoms with Crippen LogP contribution in [0.25, 0.3) is 0 Å². The highest BCUT2D eigenvalue weighted by Crippen LogP contribution is 2.51. The summed E-state index contributed by atoms with van der Waals surface area (Å²) in [5, 5.41) is 0. The lowest BCUT2D eigenvalue weighted by molar-refractivity contribution is -0.0500. The van der Waals surface area contributed by atoms with Crippen LogP contribution in [0.15, 0.2) is 42.5 Å². The molecule has 0 N–H and O–H groups in total. The van der Waals surface area contributed by atoms with Crippen molar-refractivity contribution in [3.8, 4) is 5.75 Å². The number of hydrogen-bond donors (Lipinski definition) is 0. The lowest BCUT2D eigenvalue weighted by atomic mass is 9.67. The van der Waals surface area contributed by atoms with Gasteiger partial charge in [-0.3, -0.25) is 0 Å². The molecule has 0 bridgehead atoms. The van der Waals surface area contributed by atoms with Crippen molar-refractivity contribution >= 4 is 10.1 Å². The fourth-order valence-corrected chi connectivity index (χ4v) is 5.66. The van der Waals surface area contributed by atoms with E-state index in [1.54, 1.807) is 6.07 Å². The van der Waals surface area contributed by atoms with Crippen molar-refractivity contribution in [1.82, 2.24) is 0 Å². The fourth-order valence-electron chi connectivity index (χ4n) is 5.21. The standard InChI is InChI=1S/C25H29F3O3S/c1-23(2,3)21-7-4-17(5-8-21)18-10-12-24(13-11-18)15-19-6-9-22(14-20(19)16-24)31-32(29,30)25(26,27)28/h4-9,14,18H,10-13,15-16H2,1-3H3. The van der Waals surface area contributed by atoms with Crippen LogP contribution >= 0.6 is 0 Å². The van der Waals surface area contributed by atoms with Gasteiger partial charge in [0.2, 0.25) is 0 Å². The number of hydrogen-bond acceptors (Lipinski definition) is 3. The summed E-state index contributed by atoms with van der Waals surface area (Å²) in [7, 11) is -5.65. The zero-order chi connectivity index (χ0) is 23.4. The molecule has 0 aromatic heterocycles. The van der Waals surface area contributed by atoms with Crippen LogP contribution in [0.2, 0.25) is 0 Å². The quantitative estimate of drug-likeness (QED) is 0.375. The molecule has 2 aliphatic carbocycles. The van der Waals surface area contributed by atoms with Crippen molar-refractivity contribution in [3.63, 3.8) is 0 Å². The molecule has 1 saturated carbocycles. The molecule has 2 aromatic rings. The molecule has 0 aliphatic heterocycles. The Bertz CT molecular complexity index is 1090. The maximum absolute atomic E-state index is 12.6. The van der Waals surface area contributed by atoms with Gasteiger partial charge in [0.25, 0.3) is 0 Å². The van der Waals surface area contributed by atoms with Gasteiger partial charge in [-0.05, 0) is 89.7 Å². The highest BCUT2D eigenvalue weighted by atomic mass is 32.2. The van der Waals surface area contributed by atoms with Gasteiger partial charge in [-0.15, -0.1) is 0 Å². The van der Waals surface area contributed by atoms with Crippen molar-refractivity contribution in [2.75, 3.05) is 0 Å². The van der Waals surface area contributed by atoms with Crippen LogP contribution < -0.4 is 4.18 Å². The normalized spacial score (nSPS) is 23.9. The zero-order valence-corrected chi connectivity index (χ0v) is 19.4. The molecular weight excluding hydrogens is 437 g/mol. The molecule has 1 spiro atoms.